The van der Waals surface area contributed by atoms with E-state index in [0.29, 0.717) is 16.7 Å². The molecular formula is C11H18N2S. The summed E-state index contributed by atoms with van der Waals surface area (Å²) < 4.78 is 0. The van der Waals surface area contributed by atoms with Crippen LogP contribution in [0.3, 0.4) is 0 Å². The highest BCUT2D eigenvalue weighted by Crippen LogP contribution is 2.59. The Labute approximate surface area is 89.8 Å². The van der Waals surface area contributed by atoms with Gasteiger partial charge in [0.1, 0.15) is 10.5 Å². The summed E-state index contributed by atoms with van der Waals surface area (Å²) in [4.78, 5) is 0. The van der Waals surface area contributed by atoms with Gasteiger partial charge >= 0.3 is 0 Å². The first-order chi connectivity index (χ1) is 6.46. The third kappa shape index (κ3) is 1.38. The molecular weight excluding hydrogens is 192 g/mol. The van der Waals surface area contributed by atoms with Crippen LogP contribution in [-0.4, -0.2) is 10.2 Å². The maximum absolute atomic E-state index is 4.27. The minimum Gasteiger partial charge on any atom is -0.147 e. The lowest BCUT2D eigenvalue weighted by atomic mass is 9.50. The molecule has 0 unspecified atom stereocenters. The lowest BCUT2D eigenvalue weighted by Gasteiger charge is -2.54. The molecule has 1 aliphatic carbocycles. The highest BCUT2D eigenvalue weighted by atomic mass is 32.1. The molecule has 2 rings (SSSR count). The van der Waals surface area contributed by atoms with E-state index in [9.17, 15) is 0 Å². The second-order valence-electron chi connectivity index (χ2n) is 5.57. The SMILES string of the molecule is CC(C)C1(c2nncs2)CC(C)(C)C1. The molecule has 0 saturated heterocycles. The van der Waals surface area contributed by atoms with Gasteiger partial charge in [0.25, 0.3) is 0 Å². The molecule has 1 aromatic rings. The van der Waals surface area contributed by atoms with Gasteiger partial charge in [0.2, 0.25) is 0 Å². The molecule has 3 heteroatoms. The number of rotatable bonds is 2. The van der Waals surface area contributed by atoms with E-state index in [-0.39, 0.29) is 0 Å². The van der Waals surface area contributed by atoms with Gasteiger partial charge < -0.3 is 0 Å². The van der Waals surface area contributed by atoms with E-state index in [4.69, 9.17) is 0 Å². The van der Waals surface area contributed by atoms with Crippen LogP contribution in [0.2, 0.25) is 0 Å². The molecule has 0 aromatic carbocycles. The summed E-state index contributed by atoms with van der Waals surface area (Å²) >= 11 is 1.71. The summed E-state index contributed by atoms with van der Waals surface area (Å²) in [5.74, 6) is 0.670. The summed E-state index contributed by atoms with van der Waals surface area (Å²) in [6, 6.07) is 0. The van der Waals surface area contributed by atoms with Crippen LogP contribution in [0.4, 0.5) is 0 Å². The van der Waals surface area contributed by atoms with Gasteiger partial charge in [0, 0.05) is 5.41 Å². The molecule has 0 amide bonds. The third-order valence-electron chi connectivity index (χ3n) is 3.48. The van der Waals surface area contributed by atoms with Crippen molar-refractivity contribution in [3.05, 3.63) is 10.5 Å². The molecule has 78 valence electrons. The molecule has 0 N–H and O–H groups in total. The Morgan fingerprint density at radius 2 is 2.00 bits per heavy atom. The van der Waals surface area contributed by atoms with Crippen LogP contribution in [0.1, 0.15) is 45.5 Å². The predicted molar refractivity (Wildman–Crippen MR) is 59.4 cm³/mol. The Kier molecular flexibility index (Phi) is 2.18. The molecule has 1 aliphatic rings. The second-order valence-corrected chi connectivity index (χ2v) is 6.41. The van der Waals surface area contributed by atoms with Gasteiger partial charge in [-0.15, -0.1) is 21.5 Å². The van der Waals surface area contributed by atoms with Crippen molar-refractivity contribution in [3.63, 3.8) is 0 Å². The fraction of sp³-hybridized carbons (Fsp3) is 0.818. The molecule has 0 spiro atoms. The van der Waals surface area contributed by atoms with E-state index in [0.717, 1.165) is 0 Å². The molecule has 1 heterocycles. The Bertz CT molecular complexity index is 306. The smallest absolute Gasteiger partial charge is 0.123 e. The Hall–Kier alpha value is -0.440. The monoisotopic (exact) mass is 210 g/mol. The minimum atomic E-state index is 0.324. The van der Waals surface area contributed by atoms with Gasteiger partial charge in [-0.1, -0.05) is 27.7 Å². The van der Waals surface area contributed by atoms with Crippen molar-refractivity contribution < 1.29 is 0 Å². The van der Waals surface area contributed by atoms with Gasteiger partial charge in [-0.05, 0) is 24.2 Å². The standard InChI is InChI=1S/C11H18N2S/c1-8(2)11(5-10(3,4)6-11)9-13-12-7-14-9/h7-8H,5-6H2,1-4H3. The number of hydrogen-bond acceptors (Lipinski definition) is 3. The van der Waals surface area contributed by atoms with Crippen molar-refractivity contribution in [2.75, 3.05) is 0 Å². The third-order valence-corrected chi connectivity index (χ3v) is 4.39. The van der Waals surface area contributed by atoms with Gasteiger partial charge in [-0.3, -0.25) is 0 Å². The normalized spacial score (nSPS) is 23.5. The van der Waals surface area contributed by atoms with Crippen molar-refractivity contribution in [1.29, 1.82) is 0 Å². The minimum absolute atomic E-state index is 0.324. The summed E-state index contributed by atoms with van der Waals surface area (Å²) in [6.45, 7) is 9.29. The summed E-state index contributed by atoms with van der Waals surface area (Å²) in [7, 11) is 0. The molecule has 1 fully saturated rings. The van der Waals surface area contributed by atoms with Gasteiger partial charge in [0.05, 0.1) is 0 Å². The van der Waals surface area contributed by atoms with Gasteiger partial charge in [-0.25, -0.2) is 0 Å². The molecule has 0 bridgehead atoms. The first-order valence-corrected chi connectivity index (χ1v) is 6.11. The average Bonchev–Trinajstić information content (AvgIpc) is 2.50. The van der Waals surface area contributed by atoms with Crippen molar-refractivity contribution in [2.45, 2.75) is 46.0 Å². The van der Waals surface area contributed by atoms with E-state index in [1.165, 1.54) is 17.8 Å². The van der Waals surface area contributed by atoms with Crippen molar-refractivity contribution >= 4 is 11.3 Å². The molecule has 14 heavy (non-hydrogen) atoms. The van der Waals surface area contributed by atoms with Crippen molar-refractivity contribution in [1.82, 2.24) is 10.2 Å². The highest BCUT2D eigenvalue weighted by Gasteiger charge is 2.53. The maximum Gasteiger partial charge on any atom is 0.123 e. The Morgan fingerprint density at radius 3 is 2.36 bits per heavy atom. The second kappa shape index (κ2) is 3.02. The zero-order chi connectivity index (χ0) is 10.4. The Morgan fingerprint density at radius 1 is 1.36 bits per heavy atom. The van der Waals surface area contributed by atoms with Gasteiger partial charge in [-0.2, -0.15) is 0 Å². The quantitative estimate of drug-likeness (QED) is 0.749. The number of hydrogen-bond donors (Lipinski definition) is 0. The van der Waals surface area contributed by atoms with Gasteiger partial charge in [0.15, 0.2) is 0 Å². The van der Waals surface area contributed by atoms with Crippen molar-refractivity contribution in [2.24, 2.45) is 11.3 Å². The molecule has 1 saturated carbocycles. The van der Waals surface area contributed by atoms with Crippen LogP contribution in [-0.2, 0) is 5.41 Å². The van der Waals surface area contributed by atoms with Crippen LogP contribution in [0, 0.1) is 11.3 Å². The molecule has 0 atom stereocenters. The van der Waals surface area contributed by atoms with Crippen LogP contribution < -0.4 is 0 Å². The first kappa shape index (κ1) is 10.1. The van der Waals surface area contributed by atoms with E-state index in [1.54, 1.807) is 11.3 Å². The fourth-order valence-electron chi connectivity index (χ4n) is 2.85. The predicted octanol–water partition coefficient (Wildman–Crippen LogP) is 3.25. The highest BCUT2D eigenvalue weighted by molar-refractivity contribution is 7.09. The molecule has 0 radical (unpaired) electrons. The van der Waals surface area contributed by atoms with E-state index >= 15 is 0 Å². The first-order valence-electron chi connectivity index (χ1n) is 5.23. The van der Waals surface area contributed by atoms with Crippen LogP contribution >= 0.6 is 11.3 Å². The summed E-state index contributed by atoms with van der Waals surface area (Å²) in [6.07, 6.45) is 2.51. The van der Waals surface area contributed by atoms with E-state index < -0.39 is 0 Å². The fourth-order valence-corrected chi connectivity index (χ4v) is 3.76. The maximum atomic E-state index is 4.27. The lowest BCUT2D eigenvalue weighted by molar-refractivity contribution is 0.0193. The number of aromatic nitrogens is 2. The van der Waals surface area contributed by atoms with E-state index in [2.05, 4.69) is 37.9 Å². The molecule has 2 nitrogen and oxygen atoms in total. The average molecular weight is 210 g/mol. The van der Waals surface area contributed by atoms with Crippen LogP contribution in [0.5, 0.6) is 0 Å². The number of nitrogens with zero attached hydrogens (tertiary/aromatic N) is 2. The van der Waals surface area contributed by atoms with Crippen LogP contribution in [0.15, 0.2) is 5.51 Å². The Balaban J connectivity index is 2.28. The zero-order valence-electron chi connectivity index (χ0n) is 9.37. The van der Waals surface area contributed by atoms with Crippen molar-refractivity contribution in [3.8, 4) is 0 Å². The summed E-state index contributed by atoms with van der Waals surface area (Å²) in [5.41, 5.74) is 2.67. The largest absolute Gasteiger partial charge is 0.147 e. The zero-order valence-corrected chi connectivity index (χ0v) is 10.2. The summed E-state index contributed by atoms with van der Waals surface area (Å²) in [5, 5.41) is 9.48. The molecule has 0 aliphatic heterocycles. The van der Waals surface area contributed by atoms with Crippen LogP contribution in [0.25, 0.3) is 0 Å². The lowest BCUT2D eigenvalue weighted by Crippen LogP contribution is -2.50. The van der Waals surface area contributed by atoms with E-state index in [1.807, 2.05) is 5.51 Å². The topological polar surface area (TPSA) is 25.8 Å². The molecule has 1 aromatic heterocycles.